The van der Waals surface area contributed by atoms with Crippen molar-refractivity contribution in [2.24, 2.45) is 23.2 Å². The molecule has 2 fully saturated rings. The maximum atomic E-state index is 14.8. The van der Waals surface area contributed by atoms with E-state index >= 15 is 0 Å². The molecule has 1 spiro atoms. The summed E-state index contributed by atoms with van der Waals surface area (Å²) in [6.07, 6.45) is 12.3. The number of cyclic esters (lactones) is 1. The predicted molar refractivity (Wildman–Crippen MR) is 155 cm³/mol. The Hall–Kier alpha value is -1.80. The molecule has 0 saturated carbocycles. The number of hydrogen-bond acceptors (Lipinski definition) is 6. The van der Waals surface area contributed by atoms with Crippen LogP contribution in [0.4, 0.5) is 0 Å². The maximum absolute atomic E-state index is 14.8. The molecule has 0 aromatic heterocycles. The highest BCUT2D eigenvalue weighted by atomic mass is 32.2. The van der Waals surface area contributed by atoms with Gasteiger partial charge < -0.3 is 19.6 Å². The van der Waals surface area contributed by atoms with E-state index in [1.54, 1.807) is 16.7 Å². The van der Waals surface area contributed by atoms with Crippen LogP contribution in [-0.4, -0.2) is 80.1 Å². The number of fused-ring (bicyclic) bond motifs is 2. The Balaban J connectivity index is 1.85. The zero-order chi connectivity index (χ0) is 28.8. The Morgan fingerprint density at radius 2 is 1.82 bits per heavy atom. The van der Waals surface area contributed by atoms with Gasteiger partial charge >= 0.3 is 5.97 Å². The number of thioether (sulfide) groups is 1. The van der Waals surface area contributed by atoms with Crippen molar-refractivity contribution >= 4 is 29.5 Å². The van der Waals surface area contributed by atoms with Gasteiger partial charge in [-0.3, -0.25) is 14.4 Å². The Morgan fingerprint density at radius 3 is 2.46 bits per heavy atom. The lowest BCUT2D eigenvalue weighted by molar-refractivity contribution is -0.154. The van der Waals surface area contributed by atoms with Crippen LogP contribution in [0.3, 0.4) is 0 Å². The highest BCUT2D eigenvalue weighted by Crippen LogP contribution is 2.61. The summed E-state index contributed by atoms with van der Waals surface area (Å²) < 4.78 is 4.81. The van der Waals surface area contributed by atoms with E-state index in [9.17, 15) is 19.5 Å². The van der Waals surface area contributed by atoms with Crippen molar-refractivity contribution in [3.8, 4) is 0 Å². The first-order valence-electron chi connectivity index (χ1n) is 14.7. The van der Waals surface area contributed by atoms with Crippen molar-refractivity contribution < 1.29 is 24.2 Å². The molecule has 4 aliphatic heterocycles. The molecule has 4 rings (SSSR count). The maximum Gasteiger partial charge on any atom is 0.311 e. The number of likely N-dealkylation sites (tertiary alicyclic amines) is 1. The highest BCUT2D eigenvalue weighted by Gasteiger charge is 2.72. The molecule has 2 saturated heterocycles. The van der Waals surface area contributed by atoms with Crippen LogP contribution in [-0.2, 0) is 19.1 Å². The monoisotopic (exact) mass is 560 g/mol. The van der Waals surface area contributed by atoms with Gasteiger partial charge in [0, 0.05) is 17.3 Å². The second-order valence-corrected chi connectivity index (χ2v) is 15.5. The molecule has 6 atom stereocenters. The lowest BCUT2D eigenvalue weighted by Gasteiger charge is -2.45. The topological polar surface area (TPSA) is 87.2 Å². The van der Waals surface area contributed by atoms with Gasteiger partial charge in [-0.25, -0.2) is 0 Å². The van der Waals surface area contributed by atoms with Gasteiger partial charge in [-0.15, -0.1) is 11.8 Å². The lowest BCUT2D eigenvalue weighted by atomic mass is 9.78. The van der Waals surface area contributed by atoms with Gasteiger partial charge in [0.25, 0.3) is 0 Å². The zero-order valence-corrected chi connectivity index (χ0v) is 25.6. The molecule has 0 aromatic rings. The first-order valence-corrected chi connectivity index (χ1v) is 15.5. The fourth-order valence-corrected chi connectivity index (χ4v) is 9.50. The minimum Gasteiger partial charge on any atom is -0.465 e. The lowest BCUT2D eigenvalue weighted by Crippen LogP contribution is -2.60. The number of ether oxygens (including phenoxy) is 1. The van der Waals surface area contributed by atoms with Gasteiger partial charge in [-0.1, -0.05) is 58.9 Å². The third-order valence-corrected chi connectivity index (χ3v) is 10.3. The number of amides is 2. The first kappa shape index (κ1) is 30.2. The number of nitrogens with zero attached hydrogens (tertiary/aromatic N) is 2. The predicted octanol–water partition coefficient (Wildman–Crippen LogP) is 4.59. The van der Waals surface area contributed by atoms with Crippen LogP contribution in [0.5, 0.6) is 0 Å². The second-order valence-electron chi connectivity index (χ2n) is 14.0. The van der Waals surface area contributed by atoms with Crippen molar-refractivity contribution in [2.45, 2.75) is 108 Å². The Bertz CT molecular complexity index is 1010. The van der Waals surface area contributed by atoms with E-state index in [4.69, 9.17) is 4.74 Å². The molecule has 1 N–H and O–H groups in total. The van der Waals surface area contributed by atoms with Crippen molar-refractivity contribution in [3.05, 3.63) is 24.3 Å². The van der Waals surface area contributed by atoms with Crippen LogP contribution in [0.25, 0.3) is 0 Å². The van der Waals surface area contributed by atoms with Crippen LogP contribution in [0.15, 0.2) is 24.3 Å². The Morgan fingerprint density at radius 1 is 1.10 bits per heavy atom. The first-order chi connectivity index (χ1) is 18.2. The molecule has 0 bridgehead atoms. The molecular weight excluding hydrogens is 512 g/mol. The normalized spacial score (nSPS) is 33.4. The number of carbonyl (C=O) groups excluding carboxylic acids is 3. The molecule has 7 nitrogen and oxygen atoms in total. The average molecular weight is 561 g/mol. The third kappa shape index (κ3) is 5.70. The van der Waals surface area contributed by atoms with Gasteiger partial charge in [-0.05, 0) is 57.3 Å². The largest absolute Gasteiger partial charge is 0.465 e. The standard InChI is InChI=1S/C31H48N2O5S/c1-20(2)17-21(18-34)33-25-27(36)32(30(6,7)19-29(3,4)5)15-12-14-31(25)24(26(33)35)23-22(39-31)13-10-8-9-11-16-38-28(23)37/h10,12-14,20-25,34H,8-9,11,15-19H2,1-7H3/b13-10-/t21-,22-,23+,24+,25?,31+/m1/s1. The number of esters is 1. The summed E-state index contributed by atoms with van der Waals surface area (Å²) in [4.78, 5) is 46.4. The molecule has 1 unspecified atom stereocenters. The van der Waals surface area contributed by atoms with Gasteiger partial charge in [-0.2, -0.15) is 0 Å². The van der Waals surface area contributed by atoms with Crippen LogP contribution >= 0.6 is 11.8 Å². The number of rotatable bonds is 6. The molecule has 0 aromatic carbocycles. The van der Waals surface area contributed by atoms with Gasteiger partial charge in [0.15, 0.2) is 0 Å². The molecule has 39 heavy (non-hydrogen) atoms. The average Bonchev–Trinajstić information content (AvgIpc) is 3.20. The van der Waals surface area contributed by atoms with Crippen molar-refractivity contribution in [1.29, 1.82) is 0 Å². The smallest absolute Gasteiger partial charge is 0.311 e. The molecule has 0 aliphatic carbocycles. The SMILES string of the molecule is CC(C)C[C@H](CO)N1C(=O)[C@@H]2[C@H]3C(=O)OCCCC/C=C\[C@H]3S[C@@]23C=CCN(C(C)(C)CC(C)(C)C)C(=O)C13. The van der Waals surface area contributed by atoms with E-state index < -0.39 is 34.2 Å². The number of aliphatic hydroxyl groups is 1. The van der Waals surface area contributed by atoms with Gasteiger partial charge in [0.1, 0.15) is 6.04 Å². The summed E-state index contributed by atoms with van der Waals surface area (Å²) in [5.41, 5.74) is -0.458. The third-order valence-electron chi connectivity index (χ3n) is 8.58. The minimum atomic E-state index is -0.905. The molecule has 8 heteroatoms. The number of carbonyl (C=O) groups is 3. The Labute approximate surface area is 238 Å². The van der Waals surface area contributed by atoms with Gasteiger partial charge in [0.2, 0.25) is 11.8 Å². The van der Waals surface area contributed by atoms with Crippen LogP contribution < -0.4 is 0 Å². The zero-order valence-electron chi connectivity index (χ0n) is 24.8. The molecule has 0 radical (unpaired) electrons. The summed E-state index contributed by atoms with van der Waals surface area (Å²) in [5, 5.41) is 10.3. The molecule has 218 valence electrons. The number of hydrogen-bond donors (Lipinski definition) is 1. The summed E-state index contributed by atoms with van der Waals surface area (Å²) in [5.74, 6) is -1.83. The van der Waals surface area contributed by atoms with E-state index in [-0.39, 0.29) is 41.0 Å². The van der Waals surface area contributed by atoms with E-state index in [0.29, 0.717) is 19.6 Å². The van der Waals surface area contributed by atoms with Crippen LogP contribution in [0.2, 0.25) is 0 Å². The molecular formula is C31H48N2O5S. The van der Waals surface area contributed by atoms with E-state index in [1.165, 1.54) is 0 Å². The Kier molecular flexibility index (Phi) is 8.69. The van der Waals surface area contributed by atoms with E-state index in [1.807, 2.05) is 17.1 Å². The van der Waals surface area contributed by atoms with Crippen LogP contribution in [0, 0.1) is 23.2 Å². The second kappa shape index (κ2) is 11.2. The van der Waals surface area contributed by atoms with E-state index in [2.05, 4.69) is 60.6 Å². The fourth-order valence-electron chi connectivity index (χ4n) is 7.51. The van der Waals surface area contributed by atoms with Crippen molar-refractivity contribution in [2.75, 3.05) is 19.8 Å². The minimum absolute atomic E-state index is 0.00436. The fraction of sp³-hybridized carbons (Fsp3) is 0.774. The molecule has 4 aliphatic rings. The van der Waals surface area contributed by atoms with Crippen molar-refractivity contribution in [3.63, 3.8) is 0 Å². The van der Waals surface area contributed by atoms with E-state index in [0.717, 1.165) is 25.7 Å². The summed E-state index contributed by atoms with van der Waals surface area (Å²) in [6.45, 7) is 15.4. The molecule has 2 amide bonds. The highest BCUT2D eigenvalue weighted by molar-refractivity contribution is 8.02. The summed E-state index contributed by atoms with van der Waals surface area (Å²) >= 11 is 1.57. The van der Waals surface area contributed by atoms with Crippen LogP contribution in [0.1, 0.15) is 80.6 Å². The summed E-state index contributed by atoms with van der Waals surface area (Å²) in [6, 6.07) is -1.30. The number of aliphatic hydroxyl groups excluding tert-OH is 1. The number of allylic oxidation sites excluding steroid dienone is 1. The van der Waals surface area contributed by atoms with Crippen molar-refractivity contribution in [1.82, 2.24) is 9.80 Å². The summed E-state index contributed by atoms with van der Waals surface area (Å²) in [7, 11) is 0. The quantitative estimate of drug-likeness (QED) is 0.378. The van der Waals surface area contributed by atoms with Gasteiger partial charge in [0.05, 0.1) is 35.8 Å². The molecule has 4 heterocycles.